The number of benzene rings is 1. The highest BCUT2D eigenvalue weighted by Crippen LogP contribution is 2.35. The van der Waals surface area contributed by atoms with Crippen LogP contribution in [0.3, 0.4) is 0 Å². The molecule has 2 aromatic rings. The fraction of sp³-hybridized carbons (Fsp3) is 0.455. The van der Waals surface area contributed by atoms with Crippen molar-refractivity contribution in [3.8, 4) is 5.75 Å². The third-order valence-corrected chi connectivity index (χ3v) is 5.07. The average Bonchev–Trinajstić information content (AvgIpc) is 2.70. The molecule has 0 spiro atoms. The summed E-state index contributed by atoms with van der Waals surface area (Å²) in [6, 6.07) is 15.7. The van der Waals surface area contributed by atoms with Crippen molar-refractivity contribution in [2.75, 3.05) is 26.3 Å². The Bertz CT molecular complexity index is 708. The fourth-order valence-corrected chi connectivity index (χ4v) is 3.72. The third-order valence-electron chi connectivity index (χ3n) is 5.07. The second kappa shape index (κ2) is 9.51. The summed E-state index contributed by atoms with van der Waals surface area (Å²) in [6.07, 6.45) is 4.27. The van der Waals surface area contributed by atoms with E-state index >= 15 is 0 Å². The third kappa shape index (κ3) is 5.30. The first kappa shape index (κ1) is 19.4. The summed E-state index contributed by atoms with van der Waals surface area (Å²) < 4.78 is 11.3. The van der Waals surface area contributed by atoms with Crippen molar-refractivity contribution in [1.82, 2.24) is 9.88 Å². The van der Waals surface area contributed by atoms with Gasteiger partial charge in [-0.05, 0) is 57.0 Å². The van der Waals surface area contributed by atoms with Gasteiger partial charge < -0.3 is 9.47 Å². The number of carbonyl (C=O) groups excluding carboxylic acids is 1. The van der Waals surface area contributed by atoms with Crippen LogP contribution in [-0.4, -0.2) is 42.2 Å². The first-order valence-corrected chi connectivity index (χ1v) is 9.69. The molecule has 1 aliphatic heterocycles. The number of hydrogen-bond donors (Lipinski definition) is 0. The number of rotatable bonds is 8. The van der Waals surface area contributed by atoms with E-state index in [4.69, 9.17) is 9.47 Å². The average molecular weight is 368 g/mol. The highest BCUT2D eigenvalue weighted by atomic mass is 16.5. The maximum absolute atomic E-state index is 12.8. The predicted molar refractivity (Wildman–Crippen MR) is 104 cm³/mol. The highest BCUT2D eigenvalue weighted by Gasteiger charge is 2.43. The quantitative estimate of drug-likeness (QED) is 0.665. The molecule has 0 amide bonds. The Morgan fingerprint density at radius 2 is 2.00 bits per heavy atom. The molecule has 1 aromatic heterocycles. The van der Waals surface area contributed by atoms with E-state index in [0.29, 0.717) is 26.2 Å². The SMILES string of the molecule is CCOC(=O)[C@@]1(CCOc2ccccc2)CCCN(Cc2ccccn2)C1. The van der Waals surface area contributed by atoms with E-state index in [-0.39, 0.29) is 5.97 Å². The van der Waals surface area contributed by atoms with Crippen LogP contribution < -0.4 is 4.74 Å². The van der Waals surface area contributed by atoms with Crippen molar-refractivity contribution in [3.63, 3.8) is 0 Å². The van der Waals surface area contributed by atoms with Crippen molar-refractivity contribution >= 4 is 5.97 Å². The summed E-state index contributed by atoms with van der Waals surface area (Å²) in [5.41, 5.74) is 0.510. The number of carbonyl (C=O) groups is 1. The molecule has 2 heterocycles. The van der Waals surface area contributed by atoms with Gasteiger partial charge in [-0.15, -0.1) is 0 Å². The smallest absolute Gasteiger partial charge is 0.313 e. The highest BCUT2D eigenvalue weighted by molar-refractivity contribution is 5.77. The van der Waals surface area contributed by atoms with E-state index < -0.39 is 5.41 Å². The minimum atomic E-state index is -0.516. The first-order valence-electron chi connectivity index (χ1n) is 9.69. The number of likely N-dealkylation sites (tertiary alicyclic amines) is 1. The normalized spacial score (nSPS) is 20.2. The molecule has 5 nitrogen and oxygen atoms in total. The van der Waals surface area contributed by atoms with Gasteiger partial charge >= 0.3 is 5.97 Å². The second-order valence-electron chi connectivity index (χ2n) is 7.05. The van der Waals surface area contributed by atoms with Crippen molar-refractivity contribution in [3.05, 3.63) is 60.4 Å². The molecule has 1 saturated heterocycles. The van der Waals surface area contributed by atoms with Crippen molar-refractivity contribution < 1.29 is 14.3 Å². The van der Waals surface area contributed by atoms with Crippen LogP contribution >= 0.6 is 0 Å². The van der Waals surface area contributed by atoms with Gasteiger partial charge in [-0.1, -0.05) is 24.3 Å². The van der Waals surface area contributed by atoms with Gasteiger partial charge in [0.05, 0.1) is 24.3 Å². The van der Waals surface area contributed by atoms with Crippen LogP contribution in [-0.2, 0) is 16.1 Å². The van der Waals surface area contributed by atoms with E-state index in [1.807, 2.05) is 61.7 Å². The Morgan fingerprint density at radius 1 is 1.19 bits per heavy atom. The van der Waals surface area contributed by atoms with Gasteiger partial charge in [0.15, 0.2) is 0 Å². The van der Waals surface area contributed by atoms with E-state index in [1.54, 1.807) is 0 Å². The Hall–Kier alpha value is -2.40. The number of ether oxygens (including phenoxy) is 2. The van der Waals surface area contributed by atoms with Crippen LogP contribution in [0.25, 0.3) is 0 Å². The van der Waals surface area contributed by atoms with Gasteiger partial charge in [-0.3, -0.25) is 14.7 Å². The molecule has 1 aliphatic rings. The number of para-hydroxylation sites is 1. The zero-order valence-corrected chi connectivity index (χ0v) is 16.0. The van der Waals surface area contributed by atoms with Crippen LogP contribution in [0, 0.1) is 5.41 Å². The fourth-order valence-electron chi connectivity index (χ4n) is 3.72. The second-order valence-corrected chi connectivity index (χ2v) is 7.05. The van der Waals surface area contributed by atoms with Gasteiger partial charge in [0.2, 0.25) is 0 Å². The molecule has 5 heteroatoms. The molecular formula is C22H28N2O3. The zero-order chi connectivity index (χ0) is 19.0. The molecule has 1 fully saturated rings. The van der Waals surface area contributed by atoms with Crippen LogP contribution in [0.5, 0.6) is 5.75 Å². The van der Waals surface area contributed by atoms with Crippen LogP contribution in [0.4, 0.5) is 0 Å². The molecule has 27 heavy (non-hydrogen) atoms. The Labute approximate surface area is 161 Å². The number of aromatic nitrogens is 1. The molecule has 0 saturated carbocycles. The maximum atomic E-state index is 12.8. The topological polar surface area (TPSA) is 51.7 Å². The van der Waals surface area contributed by atoms with Crippen LogP contribution in [0.1, 0.15) is 31.9 Å². The summed E-state index contributed by atoms with van der Waals surface area (Å²) in [4.78, 5) is 19.6. The number of piperidine rings is 1. The van der Waals surface area contributed by atoms with Crippen molar-refractivity contribution in [2.45, 2.75) is 32.7 Å². The monoisotopic (exact) mass is 368 g/mol. The molecule has 0 bridgehead atoms. The predicted octanol–water partition coefficient (Wildman–Crippen LogP) is 3.70. The summed E-state index contributed by atoms with van der Waals surface area (Å²) >= 11 is 0. The number of hydrogen-bond acceptors (Lipinski definition) is 5. The minimum absolute atomic E-state index is 0.104. The van der Waals surface area contributed by atoms with E-state index in [0.717, 1.165) is 37.4 Å². The summed E-state index contributed by atoms with van der Waals surface area (Å²) in [7, 11) is 0. The Balaban J connectivity index is 1.66. The molecule has 1 atom stereocenters. The van der Waals surface area contributed by atoms with E-state index in [2.05, 4.69) is 9.88 Å². The number of nitrogens with zero attached hydrogens (tertiary/aromatic N) is 2. The van der Waals surface area contributed by atoms with Gasteiger partial charge in [0, 0.05) is 19.3 Å². The Morgan fingerprint density at radius 3 is 2.74 bits per heavy atom. The largest absolute Gasteiger partial charge is 0.494 e. The lowest BCUT2D eigenvalue weighted by molar-refractivity contribution is -0.160. The minimum Gasteiger partial charge on any atom is -0.494 e. The molecule has 0 aliphatic carbocycles. The van der Waals surface area contributed by atoms with Crippen LogP contribution in [0.2, 0.25) is 0 Å². The molecule has 0 N–H and O–H groups in total. The number of esters is 1. The Kier molecular flexibility index (Phi) is 6.82. The van der Waals surface area contributed by atoms with Crippen molar-refractivity contribution in [1.29, 1.82) is 0 Å². The first-order chi connectivity index (χ1) is 13.2. The van der Waals surface area contributed by atoms with Gasteiger partial charge in [0.25, 0.3) is 0 Å². The lowest BCUT2D eigenvalue weighted by Crippen LogP contribution is -2.49. The maximum Gasteiger partial charge on any atom is 0.313 e. The molecule has 1 aromatic carbocycles. The lowest BCUT2D eigenvalue weighted by Gasteiger charge is -2.40. The summed E-state index contributed by atoms with van der Waals surface area (Å²) in [5.74, 6) is 0.727. The molecular weight excluding hydrogens is 340 g/mol. The van der Waals surface area contributed by atoms with Gasteiger partial charge in [0.1, 0.15) is 5.75 Å². The van der Waals surface area contributed by atoms with E-state index in [9.17, 15) is 4.79 Å². The van der Waals surface area contributed by atoms with Crippen LogP contribution in [0.15, 0.2) is 54.7 Å². The molecule has 3 rings (SSSR count). The molecule has 144 valence electrons. The zero-order valence-electron chi connectivity index (χ0n) is 16.0. The lowest BCUT2D eigenvalue weighted by atomic mass is 9.77. The van der Waals surface area contributed by atoms with Crippen molar-refractivity contribution in [2.24, 2.45) is 5.41 Å². The standard InChI is InChI=1S/C22H28N2O3/c1-2-26-21(25)22(13-16-27-20-10-4-3-5-11-20)12-8-15-24(18-22)17-19-9-6-7-14-23-19/h3-7,9-11,14H,2,8,12-13,15-18H2,1H3/t22-/m1/s1. The molecule has 0 radical (unpaired) electrons. The summed E-state index contributed by atoms with van der Waals surface area (Å²) in [6.45, 7) is 5.17. The van der Waals surface area contributed by atoms with Gasteiger partial charge in [-0.2, -0.15) is 0 Å². The number of pyridine rings is 1. The summed E-state index contributed by atoms with van der Waals surface area (Å²) in [5, 5.41) is 0. The molecule has 0 unspecified atom stereocenters. The van der Waals surface area contributed by atoms with Gasteiger partial charge in [-0.25, -0.2) is 0 Å². The van der Waals surface area contributed by atoms with E-state index in [1.165, 1.54) is 0 Å².